The number of allylic oxidation sites excluding steroid dienone is 1. The summed E-state index contributed by atoms with van der Waals surface area (Å²) in [7, 11) is 0. The lowest BCUT2D eigenvalue weighted by molar-refractivity contribution is 0.0230. The van der Waals surface area contributed by atoms with Gasteiger partial charge in [-0.2, -0.15) is 0 Å². The number of carbonyl (C=O) groups excluding carboxylic acids is 1. The Morgan fingerprint density at radius 3 is 2.35 bits per heavy atom. The number of aliphatic imine (C=N–C) groups is 1. The van der Waals surface area contributed by atoms with Gasteiger partial charge in [-0.05, 0) is 87.3 Å². The number of nitrogens with zero attached hydrogens (tertiary/aromatic N) is 3. The number of nitrogens with one attached hydrogen (secondary N) is 1. The Balaban J connectivity index is 0.961. The Morgan fingerprint density at radius 2 is 1.60 bits per heavy atom. The van der Waals surface area contributed by atoms with Crippen molar-refractivity contribution in [2.24, 2.45) is 22.7 Å². The lowest BCUT2D eigenvalue weighted by Crippen LogP contribution is -2.45. The number of aromatic amines is 1. The summed E-state index contributed by atoms with van der Waals surface area (Å²) in [5, 5.41) is 0. The first-order valence-electron chi connectivity index (χ1n) is 15.7. The van der Waals surface area contributed by atoms with Gasteiger partial charge < -0.3 is 21.2 Å². The number of ether oxygens (including phenoxy) is 1. The number of fused-ring (bicyclic) bond motifs is 2. The molecule has 222 valence electrons. The number of hydrogen-bond donors (Lipinski definition) is 3. The standard InChI is InChI=1S/C35H40N6O2/c1-35(2,3)43-34(42)41-29-14-22(29)15-30(41)27-13-24(16-38-27)26-9-8-25(31(36)32(26)37)18-4-6-19(7-5-18)28-17-39-33(40-28)23-11-20-10-21(20)12-23/h4-9,16-17,20-23,29-30H,10-15,36-37H2,1-3H3,(H,39,40)/t20-,21+,22-,23?,29-,30+/m1/s1. The summed E-state index contributed by atoms with van der Waals surface area (Å²) in [4.78, 5) is 28.0. The van der Waals surface area contributed by atoms with Gasteiger partial charge >= 0.3 is 6.09 Å². The molecule has 43 heavy (non-hydrogen) atoms. The fraction of sp³-hybridized carbons (Fsp3) is 0.457. The molecule has 2 aliphatic heterocycles. The highest BCUT2D eigenvalue weighted by atomic mass is 16.6. The summed E-state index contributed by atoms with van der Waals surface area (Å²) in [6, 6.07) is 12.8. The Morgan fingerprint density at radius 1 is 0.907 bits per heavy atom. The predicted octanol–water partition coefficient (Wildman–Crippen LogP) is 7.01. The number of nitrogen functional groups attached to an aromatic ring is 2. The fourth-order valence-corrected chi connectivity index (χ4v) is 7.77. The van der Waals surface area contributed by atoms with Crippen LogP contribution in [0, 0.1) is 17.8 Å². The minimum Gasteiger partial charge on any atom is -0.444 e. The van der Waals surface area contributed by atoms with E-state index in [1.54, 1.807) is 0 Å². The second-order valence-electron chi connectivity index (χ2n) is 14.3. The van der Waals surface area contributed by atoms with Crippen molar-refractivity contribution < 1.29 is 9.53 Å². The maximum atomic E-state index is 13.0. The van der Waals surface area contributed by atoms with Gasteiger partial charge in [0, 0.05) is 41.4 Å². The lowest BCUT2D eigenvalue weighted by Gasteiger charge is -2.30. The van der Waals surface area contributed by atoms with Crippen LogP contribution in [0.15, 0.2) is 53.8 Å². The molecule has 3 aliphatic carbocycles. The van der Waals surface area contributed by atoms with Crippen LogP contribution >= 0.6 is 0 Å². The van der Waals surface area contributed by atoms with Crippen LogP contribution in [0.1, 0.15) is 76.6 Å². The van der Waals surface area contributed by atoms with E-state index in [9.17, 15) is 4.79 Å². The number of anilines is 2. The number of nitrogens with two attached hydrogens (primary N) is 2. The molecule has 3 aromatic rings. The van der Waals surface area contributed by atoms with E-state index in [4.69, 9.17) is 26.2 Å². The van der Waals surface area contributed by atoms with Crippen LogP contribution in [-0.4, -0.2) is 44.4 Å². The van der Waals surface area contributed by atoms with Gasteiger partial charge in [0.15, 0.2) is 0 Å². The van der Waals surface area contributed by atoms with Crippen LogP contribution in [0.25, 0.3) is 28.0 Å². The molecule has 1 saturated heterocycles. The van der Waals surface area contributed by atoms with Gasteiger partial charge in [-0.15, -0.1) is 0 Å². The number of hydrogen-bond acceptors (Lipinski definition) is 6. The van der Waals surface area contributed by atoms with Gasteiger partial charge in [-0.1, -0.05) is 36.4 Å². The van der Waals surface area contributed by atoms with E-state index in [0.717, 1.165) is 69.7 Å². The number of piperidine rings is 1. The highest BCUT2D eigenvalue weighted by Gasteiger charge is 2.56. The summed E-state index contributed by atoms with van der Waals surface area (Å²) >= 11 is 0. The number of aromatic nitrogens is 2. The third-order valence-corrected chi connectivity index (χ3v) is 10.2. The molecule has 5 N–H and O–H groups in total. The molecule has 8 nitrogen and oxygen atoms in total. The smallest absolute Gasteiger partial charge is 0.411 e. The molecule has 0 spiro atoms. The van der Waals surface area contributed by atoms with Crippen LogP contribution in [0.4, 0.5) is 16.2 Å². The molecule has 8 rings (SSSR count). The molecule has 1 amide bonds. The van der Waals surface area contributed by atoms with Crippen molar-refractivity contribution in [1.82, 2.24) is 14.9 Å². The van der Waals surface area contributed by atoms with Gasteiger partial charge in [0.2, 0.25) is 0 Å². The monoisotopic (exact) mass is 576 g/mol. The van der Waals surface area contributed by atoms with E-state index in [-0.39, 0.29) is 18.2 Å². The van der Waals surface area contributed by atoms with E-state index in [1.807, 2.05) is 50.2 Å². The topological polar surface area (TPSA) is 123 Å². The molecule has 3 saturated carbocycles. The molecule has 5 aliphatic rings. The molecule has 3 heterocycles. The van der Waals surface area contributed by atoms with Crippen molar-refractivity contribution >= 4 is 28.8 Å². The highest BCUT2D eigenvalue weighted by Crippen LogP contribution is 2.57. The van der Waals surface area contributed by atoms with E-state index in [0.29, 0.717) is 29.6 Å². The summed E-state index contributed by atoms with van der Waals surface area (Å²) in [6.45, 7) is 5.72. The molecule has 4 fully saturated rings. The number of imidazole rings is 1. The second kappa shape index (κ2) is 9.46. The number of carbonyl (C=O) groups is 1. The van der Waals surface area contributed by atoms with E-state index < -0.39 is 5.60 Å². The third-order valence-electron chi connectivity index (χ3n) is 10.2. The molecule has 1 unspecified atom stereocenters. The zero-order valence-electron chi connectivity index (χ0n) is 25.1. The van der Waals surface area contributed by atoms with Gasteiger partial charge in [0.1, 0.15) is 11.4 Å². The Kier molecular flexibility index (Phi) is 5.84. The van der Waals surface area contributed by atoms with Crippen molar-refractivity contribution in [3.63, 3.8) is 0 Å². The minimum absolute atomic E-state index is 0.0292. The minimum atomic E-state index is -0.526. The van der Waals surface area contributed by atoms with Gasteiger partial charge in [0.05, 0.1) is 29.3 Å². The molecular weight excluding hydrogens is 536 g/mol. The number of likely N-dealkylation sites (tertiary alicyclic amines) is 1. The molecule has 6 atom stereocenters. The van der Waals surface area contributed by atoms with Crippen LogP contribution in [0.2, 0.25) is 0 Å². The summed E-state index contributed by atoms with van der Waals surface area (Å²) < 4.78 is 5.74. The van der Waals surface area contributed by atoms with E-state index in [2.05, 4.69) is 29.2 Å². The second-order valence-corrected chi connectivity index (χ2v) is 14.3. The number of H-pyrrole nitrogens is 1. The van der Waals surface area contributed by atoms with Crippen molar-refractivity contribution in [3.05, 3.63) is 60.2 Å². The van der Waals surface area contributed by atoms with E-state index in [1.165, 1.54) is 19.3 Å². The van der Waals surface area contributed by atoms with Crippen molar-refractivity contribution in [2.75, 3.05) is 11.5 Å². The summed E-state index contributed by atoms with van der Waals surface area (Å²) in [6.07, 6.45) is 10.2. The molecule has 0 radical (unpaired) electrons. The van der Waals surface area contributed by atoms with Gasteiger partial charge in [0.25, 0.3) is 0 Å². The molecule has 1 aromatic heterocycles. The Bertz CT molecular complexity index is 1670. The summed E-state index contributed by atoms with van der Waals surface area (Å²) in [5.41, 5.74) is 20.9. The van der Waals surface area contributed by atoms with Crippen LogP contribution in [0.3, 0.4) is 0 Å². The molecular formula is C35H40N6O2. The van der Waals surface area contributed by atoms with Crippen molar-refractivity contribution in [3.8, 4) is 22.4 Å². The molecule has 2 aromatic carbocycles. The Labute approximate surface area is 252 Å². The lowest BCUT2D eigenvalue weighted by atomic mass is 9.93. The maximum Gasteiger partial charge on any atom is 0.411 e. The zero-order chi connectivity index (χ0) is 29.6. The largest absolute Gasteiger partial charge is 0.444 e. The Hall–Kier alpha value is -4.07. The van der Waals surface area contributed by atoms with Crippen molar-refractivity contribution in [1.29, 1.82) is 0 Å². The first kappa shape index (κ1) is 26.5. The third kappa shape index (κ3) is 4.71. The van der Waals surface area contributed by atoms with Crippen molar-refractivity contribution in [2.45, 2.75) is 82.9 Å². The SMILES string of the molecule is CC(C)(C)OC(=O)N1[C@@H]2C[C@@H]2C[C@H]1C1=NC=C(c2ccc(-c3ccc(-c4cnc(C5C[C@@H]6C[C@@H]6C5)[nH]4)cc3)c(N)c2N)C1. The first-order chi connectivity index (χ1) is 20.6. The zero-order valence-corrected chi connectivity index (χ0v) is 25.1. The number of rotatable bonds is 5. The van der Waals surface area contributed by atoms with E-state index >= 15 is 0 Å². The maximum absolute atomic E-state index is 13.0. The van der Waals surface area contributed by atoms with Gasteiger partial charge in [-0.25, -0.2) is 9.78 Å². The van der Waals surface area contributed by atoms with Crippen LogP contribution < -0.4 is 11.5 Å². The highest BCUT2D eigenvalue weighted by molar-refractivity contribution is 6.05. The molecule has 0 bridgehead atoms. The predicted molar refractivity (Wildman–Crippen MR) is 170 cm³/mol. The fourth-order valence-electron chi connectivity index (χ4n) is 7.77. The molecule has 8 heteroatoms. The van der Waals surface area contributed by atoms with Crippen LogP contribution in [0.5, 0.6) is 0 Å². The number of amides is 1. The average molecular weight is 577 g/mol. The van der Waals surface area contributed by atoms with Gasteiger partial charge in [-0.3, -0.25) is 9.89 Å². The summed E-state index contributed by atoms with van der Waals surface area (Å²) in [5.74, 6) is 4.14. The normalized spacial score (nSPS) is 28.8. The van der Waals surface area contributed by atoms with Crippen LogP contribution in [-0.2, 0) is 4.74 Å². The quantitative estimate of drug-likeness (QED) is 0.282. The first-order valence-corrected chi connectivity index (χ1v) is 15.7. The average Bonchev–Trinajstić information content (AvgIpc) is 3.55. The number of benzene rings is 2.